The monoisotopic (exact) mass is 502 g/mol. The van der Waals surface area contributed by atoms with E-state index in [4.69, 9.17) is 27.2 Å². The number of carboxylic acid groups (broad SMARTS) is 1. The van der Waals surface area contributed by atoms with Gasteiger partial charge in [-0.05, 0) is 48.7 Å². The fourth-order valence-electron chi connectivity index (χ4n) is 3.81. The van der Waals surface area contributed by atoms with E-state index in [1.165, 1.54) is 24.3 Å². The van der Waals surface area contributed by atoms with Crippen LogP contribution in [0.25, 0.3) is 0 Å². The van der Waals surface area contributed by atoms with Gasteiger partial charge in [-0.15, -0.1) is 0 Å². The quantitative estimate of drug-likeness (QED) is 0.432. The van der Waals surface area contributed by atoms with E-state index in [9.17, 15) is 19.2 Å². The first kappa shape index (κ1) is 26.0. The number of hydrogen-bond acceptors (Lipinski definition) is 6. The number of carboxylic acids is 1. The van der Waals surface area contributed by atoms with Crippen LogP contribution < -0.4 is 16.4 Å². The van der Waals surface area contributed by atoms with Crippen molar-refractivity contribution in [3.63, 3.8) is 0 Å². The number of halogens is 1. The summed E-state index contributed by atoms with van der Waals surface area (Å²) in [5, 5.41) is 14.9. The van der Waals surface area contributed by atoms with Gasteiger partial charge in [-0.25, -0.2) is 9.59 Å². The van der Waals surface area contributed by atoms with Crippen LogP contribution >= 0.6 is 11.6 Å². The molecule has 3 rings (SSSR count). The van der Waals surface area contributed by atoms with E-state index in [-0.39, 0.29) is 49.9 Å². The van der Waals surface area contributed by atoms with Crippen LogP contribution in [0.5, 0.6) is 0 Å². The normalized spacial score (nSPS) is 14.6. The number of nitrogens with zero attached hydrogens (tertiary/aromatic N) is 1. The Labute approximate surface area is 207 Å². The minimum absolute atomic E-state index is 0.0804. The summed E-state index contributed by atoms with van der Waals surface area (Å²) in [5.41, 5.74) is 5.59. The summed E-state index contributed by atoms with van der Waals surface area (Å²) in [7, 11) is 0. The van der Waals surface area contributed by atoms with Crippen LogP contribution in [0, 0.1) is 5.41 Å². The largest absolute Gasteiger partial charge is 0.478 e. The number of amides is 3. The molecule has 2 aromatic rings. The molecule has 0 saturated carbocycles. The number of nitrogens with two attached hydrogens (primary N) is 1. The molecule has 11 heteroatoms. The Kier molecular flexibility index (Phi) is 8.67. The number of aromatic carboxylic acids is 1. The maximum atomic E-state index is 13.3. The van der Waals surface area contributed by atoms with E-state index in [0.29, 0.717) is 23.8 Å². The van der Waals surface area contributed by atoms with Gasteiger partial charge in [-0.2, -0.15) is 0 Å². The third kappa shape index (κ3) is 6.71. The highest BCUT2D eigenvalue weighted by atomic mass is 35.5. The third-order valence-electron chi connectivity index (χ3n) is 5.98. The Morgan fingerprint density at radius 1 is 1.06 bits per heavy atom. The van der Waals surface area contributed by atoms with Gasteiger partial charge in [0.25, 0.3) is 0 Å². The van der Waals surface area contributed by atoms with Crippen LogP contribution in [0.15, 0.2) is 48.5 Å². The first-order valence-electron chi connectivity index (χ1n) is 11.0. The van der Waals surface area contributed by atoms with Crippen LogP contribution in [-0.2, 0) is 20.9 Å². The predicted octanol–water partition coefficient (Wildman–Crippen LogP) is 2.47. The lowest BCUT2D eigenvalue weighted by Crippen LogP contribution is -2.53. The molecule has 35 heavy (non-hydrogen) atoms. The summed E-state index contributed by atoms with van der Waals surface area (Å²) in [6.07, 6.45) is -0.215. The number of carbonyl (C=O) groups excluding carboxylic acids is 3. The zero-order chi connectivity index (χ0) is 25.4. The molecule has 3 amide bonds. The molecule has 10 nitrogen and oxygen atoms in total. The van der Waals surface area contributed by atoms with E-state index in [2.05, 4.69) is 10.6 Å². The molecule has 1 fully saturated rings. The van der Waals surface area contributed by atoms with Gasteiger partial charge in [0.1, 0.15) is 6.61 Å². The van der Waals surface area contributed by atoms with Crippen molar-refractivity contribution in [3.8, 4) is 0 Å². The van der Waals surface area contributed by atoms with E-state index in [1.54, 1.807) is 23.1 Å². The number of hydrogen-bond donors (Lipinski definition) is 4. The van der Waals surface area contributed by atoms with Gasteiger partial charge in [0.2, 0.25) is 11.8 Å². The van der Waals surface area contributed by atoms with Gasteiger partial charge in [-0.1, -0.05) is 29.8 Å². The van der Waals surface area contributed by atoms with Crippen molar-refractivity contribution in [1.82, 2.24) is 10.2 Å². The molecular weight excluding hydrogens is 476 g/mol. The molecule has 0 unspecified atom stereocenters. The first-order chi connectivity index (χ1) is 16.7. The Bertz CT molecular complexity index is 1080. The maximum absolute atomic E-state index is 13.3. The topological polar surface area (TPSA) is 151 Å². The highest BCUT2D eigenvalue weighted by Gasteiger charge is 2.43. The number of rotatable bonds is 8. The number of anilines is 1. The number of ether oxygens (including phenoxy) is 1. The van der Waals surface area contributed by atoms with Crippen molar-refractivity contribution in [2.45, 2.75) is 19.4 Å². The van der Waals surface area contributed by atoms with Gasteiger partial charge in [0.15, 0.2) is 0 Å². The van der Waals surface area contributed by atoms with Crippen molar-refractivity contribution in [1.29, 1.82) is 0 Å². The minimum atomic E-state index is -1.08. The van der Waals surface area contributed by atoms with Crippen molar-refractivity contribution >= 4 is 41.2 Å². The zero-order valence-electron chi connectivity index (χ0n) is 19.0. The van der Waals surface area contributed by atoms with Crippen LogP contribution in [0.2, 0.25) is 5.02 Å². The summed E-state index contributed by atoms with van der Waals surface area (Å²) >= 11 is 6.19. The van der Waals surface area contributed by atoms with Crippen molar-refractivity contribution < 1.29 is 29.0 Å². The Balaban J connectivity index is 1.66. The standard InChI is InChI=1S/C24H27ClN4O6/c25-19-4-2-1-3-17(19)14-27-22(33)24(9-11-29(12-10-24)20(30)13-26)15-35-23(34)28-18-7-5-16(6-8-18)21(31)32/h1-8H,9-15,26H2,(H,27,33)(H,28,34)(H,31,32). The number of carbonyl (C=O) groups is 4. The Morgan fingerprint density at radius 2 is 1.71 bits per heavy atom. The fraction of sp³-hybridized carbons (Fsp3) is 0.333. The van der Waals surface area contributed by atoms with E-state index < -0.39 is 17.5 Å². The molecular formula is C24H27ClN4O6. The van der Waals surface area contributed by atoms with Crippen LogP contribution in [0.1, 0.15) is 28.8 Å². The molecule has 0 aliphatic carbocycles. The molecule has 5 N–H and O–H groups in total. The molecule has 0 radical (unpaired) electrons. The van der Waals surface area contributed by atoms with Crippen molar-refractivity contribution in [2.24, 2.45) is 11.1 Å². The lowest BCUT2D eigenvalue weighted by Gasteiger charge is -2.40. The lowest BCUT2D eigenvalue weighted by atomic mass is 9.78. The number of likely N-dealkylation sites (tertiary alicyclic amines) is 1. The van der Waals surface area contributed by atoms with E-state index >= 15 is 0 Å². The van der Waals surface area contributed by atoms with Gasteiger partial charge in [-0.3, -0.25) is 14.9 Å². The fourth-order valence-corrected chi connectivity index (χ4v) is 4.01. The molecule has 2 aromatic carbocycles. The SMILES string of the molecule is NCC(=O)N1CCC(COC(=O)Nc2ccc(C(=O)O)cc2)(C(=O)NCc2ccccc2Cl)CC1. The first-order valence-corrected chi connectivity index (χ1v) is 11.4. The summed E-state index contributed by atoms with van der Waals surface area (Å²) in [4.78, 5) is 50.2. The average molecular weight is 503 g/mol. The minimum Gasteiger partial charge on any atom is -0.478 e. The summed E-state index contributed by atoms with van der Waals surface area (Å²) in [5.74, 6) is -1.60. The average Bonchev–Trinajstić information content (AvgIpc) is 2.87. The molecule has 0 atom stereocenters. The second kappa shape index (κ2) is 11.7. The van der Waals surface area contributed by atoms with Gasteiger partial charge in [0.05, 0.1) is 17.5 Å². The van der Waals surface area contributed by atoms with Crippen LogP contribution in [-0.4, -0.2) is 60.1 Å². The van der Waals surface area contributed by atoms with Gasteiger partial charge < -0.3 is 25.8 Å². The summed E-state index contributed by atoms with van der Waals surface area (Å²) in [6.45, 7) is 0.485. The predicted molar refractivity (Wildman–Crippen MR) is 129 cm³/mol. The smallest absolute Gasteiger partial charge is 0.411 e. The highest BCUT2D eigenvalue weighted by molar-refractivity contribution is 6.31. The van der Waals surface area contributed by atoms with Gasteiger partial charge >= 0.3 is 12.1 Å². The van der Waals surface area contributed by atoms with Crippen molar-refractivity contribution in [3.05, 3.63) is 64.7 Å². The number of nitrogens with one attached hydrogen (secondary N) is 2. The highest BCUT2D eigenvalue weighted by Crippen LogP contribution is 2.33. The van der Waals surface area contributed by atoms with Gasteiger partial charge in [0, 0.05) is 30.3 Å². The molecule has 1 saturated heterocycles. The van der Waals surface area contributed by atoms with E-state index in [1.807, 2.05) is 6.07 Å². The molecule has 186 valence electrons. The second-order valence-electron chi connectivity index (χ2n) is 8.22. The van der Waals surface area contributed by atoms with E-state index in [0.717, 1.165) is 5.56 Å². The summed E-state index contributed by atoms with van der Waals surface area (Å²) < 4.78 is 5.40. The molecule has 0 aromatic heterocycles. The summed E-state index contributed by atoms with van der Waals surface area (Å²) in [6, 6.07) is 12.7. The Hall–Kier alpha value is -3.63. The second-order valence-corrected chi connectivity index (χ2v) is 8.63. The number of piperidine rings is 1. The lowest BCUT2D eigenvalue weighted by molar-refractivity contribution is -0.142. The third-order valence-corrected chi connectivity index (χ3v) is 6.35. The number of benzene rings is 2. The molecule has 0 bridgehead atoms. The van der Waals surface area contributed by atoms with Crippen LogP contribution in [0.3, 0.4) is 0 Å². The Morgan fingerprint density at radius 3 is 2.31 bits per heavy atom. The molecule has 1 heterocycles. The molecule has 1 aliphatic rings. The molecule has 1 aliphatic heterocycles. The van der Waals surface area contributed by atoms with Crippen molar-refractivity contribution in [2.75, 3.05) is 31.6 Å². The van der Waals surface area contributed by atoms with Crippen LogP contribution in [0.4, 0.5) is 10.5 Å². The molecule has 0 spiro atoms. The zero-order valence-corrected chi connectivity index (χ0v) is 19.7. The maximum Gasteiger partial charge on any atom is 0.411 e.